The van der Waals surface area contributed by atoms with Crippen molar-refractivity contribution in [3.8, 4) is 5.75 Å². The van der Waals surface area contributed by atoms with Crippen molar-refractivity contribution in [1.29, 1.82) is 0 Å². The van der Waals surface area contributed by atoms with Crippen LogP contribution in [-0.2, 0) is 16.1 Å². The molecule has 1 aromatic carbocycles. The SMILES string of the molecule is COc1ccc(COC(=O)/C=C(/C)N)cc1Cl. The fourth-order valence-corrected chi connectivity index (χ4v) is 1.46. The molecule has 1 rings (SSSR count). The van der Waals surface area contributed by atoms with E-state index in [0.717, 1.165) is 5.56 Å². The van der Waals surface area contributed by atoms with Gasteiger partial charge in [-0.3, -0.25) is 0 Å². The number of rotatable bonds is 4. The lowest BCUT2D eigenvalue weighted by atomic mass is 10.2. The standard InChI is InChI=1S/C12H14ClNO3/c1-8(14)5-12(15)17-7-9-3-4-11(16-2)10(13)6-9/h3-6H,7,14H2,1-2H3/b8-5-. The first-order valence-corrected chi connectivity index (χ1v) is 5.33. The molecule has 0 radical (unpaired) electrons. The molecule has 2 N–H and O–H groups in total. The van der Waals surface area contributed by atoms with E-state index in [9.17, 15) is 4.79 Å². The van der Waals surface area contributed by atoms with Gasteiger partial charge in [-0.25, -0.2) is 4.79 Å². The minimum absolute atomic E-state index is 0.145. The number of carbonyl (C=O) groups is 1. The molecule has 5 heteroatoms. The second kappa shape index (κ2) is 6.15. The highest BCUT2D eigenvalue weighted by Gasteiger charge is 2.04. The van der Waals surface area contributed by atoms with Crippen molar-refractivity contribution < 1.29 is 14.3 Å². The Kier molecular flexibility index (Phi) is 4.84. The lowest BCUT2D eigenvalue weighted by molar-refractivity contribution is -0.139. The van der Waals surface area contributed by atoms with Crippen LogP contribution >= 0.6 is 11.6 Å². The Morgan fingerprint density at radius 1 is 1.53 bits per heavy atom. The molecule has 17 heavy (non-hydrogen) atoms. The van der Waals surface area contributed by atoms with Crippen LogP contribution in [0, 0.1) is 0 Å². The molecular weight excluding hydrogens is 242 g/mol. The molecule has 0 atom stereocenters. The summed E-state index contributed by atoms with van der Waals surface area (Å²) < 4.78 is 9.99. The lowest BCUT2D eigenvalue weighted by Gasteiger charge is -2.06. The summed E-state index contributed by atoms with van der Waals surface area (Å²) in [6.07, 6.45) is 1.23. The zero-order valence-corrected chi connectivity index (χ0v) is 10.5. The molecule has 0 saturated heterocycles. The van der Waals surface area contributed by atoms with Gasteiger partial charge in [0, 0.05) is 11.8 Å². The van der Waals surface area contributed by atoms with Gasteiger partial charge in [0.2, 0.25) is 0 Å². The molecule has 0 heterocycles. The molecule has 92 valence electrons. The second-order valence-corrected chi connectivity index (χ2v) is 3.87. The third-order valence-electron chi connectivity index (χ3n) is 1.94. The summed E-state index contributed by atoms with van der Waals surface area (Å²) in [6.45, 7) is 1.76. The van der Waals surface area contributed by atoms with Gasteiger partial charge in [-0.2, -0.15) is 0 Å². The highest BCUT2D eigenvalue weighted by molar-refractivity contribution is 6.32. The summed E-state index contributed by atoms with van der Waals surface area (Å²) in [6, 6.07) is 5.18. The van der Waals surface area contributed by atoms with Crippen LogP contribution in [0.15, 0.2) is 30.0 Å². The van der Waals surface area contributed by atoms with Gasteiger partial charge in [0.15, 0.2) is 0 Å². The zero-order chi connectivity index (χ0) is 12.8. The number of esters is 1. The quantitative estimate of drug-likeness (QED) is 0.662. The summed E-state index contributed by atoms with van der Waals surface area (Å²) in [4.78, 5) is 11.2. The molecule has 4 nitrogen and oxygen atoms in total. The minimum atomic E-state index is -0.475. The van der Waals surface area contributed by atoms with Gasteiger partial charge in [0.05, 0.1) is 12.1 Å². The van der Waals surface area contributed by atoms with E-state index in [4.69, 9.17) is 26.8 Å². The largest absolute Gasteiger partial charge is 0.495 e. The Bertz CT molecular complexity index is 439. The maximum Gasteiger partial charge on any atom is 0.332 e. The van der Waals surface area contributed by atoms with E-state index in [2.05, 4.69) is 0 Å². The summed E-state index contributed by atoms with van der Waals surface area (Å²) in [5, 5.41) is 0.478. The number of hydrogen-bond donors (Lipinski definition) is 1. The fraction of sp³-hybridized carbons (Fsp3) is 0.250. The second-order valence-electron chi connectivity index (χ2n) is 3.46. The molecule has 0 amide bonds. The molecule has 0 fully saturated rings. The number of carbonyl (C=O) groups excluding carboxylic acids is 1. The van der Waals surface area contributed by atoms with E-state index in [-0.39, 0.29) is 6.61 Å². The maximum atomic E-state index is 11.2. The van der Waals surface area contributed by atoms with E-state index in [0.29, 0.717) is 16.5 Å². The summed E-state index contributed by atoms with van der Waals surface area (Å²) in [5.41, 5.74) is 6.54. The number of methoxy groups -OCH3 is 1. The number of allylic oxidation sites excluding steroid dienone is 1. The summed E-state index contributed by atoms with van der Waals surface area (Å²) in [5.74, 6) is 0.108. The molecule has 0 aliphatic heterocycles. The van der Waals surface area contributed by atoms with Gasteiger partial charge in [0.1, 0.15) is 12.4 Å². The summed E-state index contributed by atoms with van der Waals surface area (Å²) >= 11 is 5.93. The Labute approximate surface area is 105 Å². The van der Waals surface area contributed by atoms with Crippen LogP contribution in [-0.4, -0.2) is 13.1 Å². The Morgan fingerprint density at radius 2 is 2.24 bits per heavy atom. The predicted octanol–water partition coefficient (Wildman–Crippen LogP) is 2.25. The minimum Gasteiger partial charge on any atom is -0.495 e. The van der Waals surface area contributed by atoms with E-state index < -0.39 is 5.97 Å². The monoisotopic (exact) mass is 255 g/mol. The third kappa shape index (κ3) is 4.36. The first kappa shape index (κ1) is 13.4. The first-order chi connectivity index (χ1) is 8.02. The van der Waals surface area contributed by atoms with E-state index >= 15 is 0 Å². The molecule has 0 saturated carbocycles. The highest BCUT2D eigenvalue weighted by Crippen LogP contribution is 2.25. The van der Waals surface area contributed by atoms with Crippen molar-refractivity contribution in [1.82, 2.24) is 0 Å². The van der Waals surface area contributed by atoms with E-state index in [1.807, 2.05) is 0 Å². The van der Waals surface area contributed by atoms with Crippen molar-refractivity contribution in [3.05, 3.63) is 40.6 Å². The van der Waals surface area contributed by atoms with Gasteiger partial charge in [0.25, 0.3) is 0 Å². The first-order valence-electron chi connectivity index (χ1n) is 4.96. The normalized spacial score (nSPS) is 11.1. The number of halogens is 1. The Balaban J connectivity index is 2.61. The topological polar surface area (TPSA) is 61.5 Å². The number of ether oxygens (including phenoxy) is 2. The molecule has 1 aromatic rings. The molecular formula is C12H14ClNO3. The van der Waals surface area contributed by atoms with Crippen LogP contribution in [0.5, 0.6) is 5.75 Å². The van der Waals surface area contributed by atoms with Crippen LogP contribution in [0.4, 0.5) is 0 Å². The van der Waals surface area contributed by atoms with Gasteiger partial charge in [-0.15, -0.1) is 0 Å². The Hall–Kier alpha value is -1.68. The fourth-order valence-electron chi connectivity index (χ4n) is 1.18. The van der Waals surface area contributed by atoms with Crippen molar-refractivity contribution >= 4 is 17.6 Å². The maximum absolute atomic E-state index is 11.2. The molecule has 0 unspecified atom stereocenters. The summed E-state index contributed by atoms with van der Waals surface area (Å²) in [7, 11) is 1.54. The van der Waals surface area contributed by atoms with Crippen molar-refractivity contribution in [3.63, 3.8) is 0 Å². The predicted molar refractivity (Wildman–Crippen MR) is 65.7 cm³/mol. The van der Waals surface area contributed by atoms with Crippen LogP contribution in [0.25, 0.3) is 0 Å². The van der Waals surface area contributed by atoms with Crippen LogP contribution in [0.1, 0.15) is 12.5 Å². The van der Waals surface area contributed by atoms with Gasteiger partial charge >= 0.3 is 5.97 Å². The van der Waals surface area contributed by atoms with Crippen LogP contribution < -0.4 is 10.5 Å². The molecule has 0 aromatic heterocycles. The average Bonchev–Trinajstić information content (AvgIpc) is 2.25. The average molecular weight is 256 g/mol. The van der Waals surface area contributed by atoms with Gasteiger partial charge in [-0.05, 0) is 24.6 Å². The van der Waals surface area contributed by atoms with E-state index in [1.165, 1.54) is 13.2 Å². The van der Waals surface area contributed by atoms with Crippen LogP contribution in [0.3, 0.4) is 0 Å². The van der Waals surface area contributed by atoms with Crippen molar-refractivity contribution in [2.45, 2.75) is 13.5 Å². The molecule has 0 spiro atoms. The smallest absolute Gasteiger partial charge is 0.332 e. The number of nitrogens with two attached hydrogens (primary N) is 1. The zero-order valence-electron chi connectivity index (χ0n) is 9.70. The third-order valence-corrected chi connectivity index (χ3v) is 2.24. The highest BCUT2D eigenvalue weighted by atomic mass is 35.5. The Morgan fingerprint density at radius 3 is 2.76 bits per heavy atom. The van der Waals surface area contributed by atoms with Crippen molar-refractivity contribution in [2.75, 3.05) is 7.11 Å². The van der Waals surface area contributed by atoms with Crippen molar-refractivity contribution in [2.24, 2.45) is 5.73 Å². The number of benzene rings is 1. The van der Waals surface area contributed by atoms with Gasteiger partial charge in [-0.1, -0.05) is 17.7 Å². The van der Waals surface area contributed by atoms with E-state index in [1.54, 1.807) is 25.1 Å². The molecule has 0 bridgehead atoms. The van der Waals surface area contributed by atoms with Gasteiger partial charge < -0.3 is 15.2 Å². The lowest BCUT2D eigenvalue weighted by Crippen LogP contribution is -2.04. The van der Waals surface area contributed by atoms with Crippen LogP contribution in [0.2, 0.25) is 5.02 Å². The molecule has 0 aliphatic rings. The molecule has 0 aliphatic carbocycles. The number of hydrogen-bond acceptors (Lipinski definition) is 4.